The molecule has 2 aromatic rings. The zero-order valence-corrected chi connectivity index (χ0v) is 13.1. The zero-order valence-electron chi connectivity index (χ0n) is 12.3. The summed E-state index contributed by atoms with van der Waals surface area (Å²) in [5.41, 5.74) is 1.21. The Hall–Kier alpha value is -2.34. The van der Waals surface area contributed by atoms with Gasteiger partial charge < -0.3 is 5.32 Å². The van der Waals surface area contributed by atoms with Gasteiger partial charge in [0.15, 0.2) is 0 Å². The van der Waals surface area contributed by atoms with E-state index in [-0.39, 0.29) is 23.2 Å². The van der Waals surface area contributed by atoms with Crippen molar-refractivity contribution in [3.05, 3.63) is 69.8 Å². The fourth-order valence-corrected chi connectivity index (χ4v) is 2.63. The molecule has 0 saturated carbocycles. The molecular weight excluding hydrogens is 300 g/mol. The molecule has 0 spiro atoms. The predicted octanol–water partition coefficient (Wildman–Crippen LogP) is 3.81. The first kappa shape index (κ1) is 16.0. The van der Waals surface area contributed by atoms with Gasteiger partial charge in [0, 0.05) is 11.6 Å². The molecule has 1 atom stereocenters. The highest BCUT2D eigenvalue weighted by Crippen LogP contribution is 2.28. The summed E-state index contributed by atoms with van der Waals surface area (Å²) in [6.45, 7) is 1.87. The molecule has 0 unspecified atom stereocenters. The van der Waals surface area contributed by atoms with Gasteiger partial charge in [0.1, 0.15) is 0 Å². The van der Waals surface area contributed by atoms with Gasteiger partial charge in [-0.05, 0) is 30.9 Å². The van der Waals surface area contributed by atoms with Crippen molar-refractivity contribution in [1.82, 2.24) is 5.32 Å². The van der Waals surface area contributed by atoms with E-state index in [4.69, 9.17) is 0 Å². The average molecular weight is 316 g/mol. The van der Waals surface area contributed by atoms with Gasteiger partial charge in [-0.15, -0.1) is 11.8 Å². The summed E-state index contributed by atoms with van der Waals surface area (Å²) >= 11 is 1.28. The zero-order chi connectivity index (χ0) is 16.1. The lowest BCUT2D eigenvalue weighted by molar-refractivity contribution is -0.387. The quantitative estimate of drug-likeness (QED) is 0.517. The second kappa shape index (κ2) is 7.09. The smallest absolute Gasteiger partial charge is 0.283 e. The number of hydrogen-bond donors (Lipinski definition) is 1. The number of carbonyl (C=O) groups is 1. The van der Waals surface area contributed by atoms with Crippen molar-refractivity contribution in [3.63, 3.8) is 0 Å². The maximum atomic E-state index is 12.3. The van der Waals surface area contributed by atoms with E-state index in [9.17, 15) is 14.9 Å². The van der Waals surface area contributed by atoms with Crippen LogP contribution in [0.25, 0.3) is 0 Å². The summed E-state index contributed by atoms with van der Waals surface area (Å²) in [6.07, 6.45) is 1.76. The summed E-state index contributed by atoms with van der Waals surface area (Å²) in [7, 11) is 0. The van der Waals surface area contributed by atoms with Crippen LogP contribution in [0.5, 0.6) is 0 Å². The lowest BCUT2D eigenvalue weighted by Crippen LogP contribution is -2.26. The fourth-order valence-electron chi connectivity index (χ4n) is 2.08. The third-order valence-electron chi connectivity index (χ3n) is 3.28. The molecular formula is C16H16N2O3S. The maximum absolute atomic E-state index is 12.3. The van der Waals surface area contributed by atoms with Crippen LogP contribution in [0, 0.1) is 10.1 Å². The van der Waals surface area contributed by atoms with Crippen molar-refractivity contribution in [1.29, 1.82) is 0 Å². The van der Waals surface area contributed by atoms with Gasteiger partial charge in [0.05, 0.1) is 15.9 Å². The van der Waals surface area contributed by atoms with Crippen molar-refractivity contribution in [2.45, 2.75) is 17.9 Å². The number of hydrogen-bond acceptors (Lipinski definition) is 4. The van der Waals surface area contributed by atoms with E-state index in [2.05, 4.69) is 5.32 Å². The number of rotatable bonds is 5. The third kappa shape index (κ3) is 3.65. The molecule has 22 heavy (non-hydrogen) atoms. The maximum Gasteiger partial charge on any atom is 0.283 e. The van der Waals surface area contributed by atoms with Crippen LogP contribution in [0.4, 0.5) is 5.69 Å². The van der Waals surface area contributed by atoms with Crippen molar-refractivity contribution in [2.75, 3.05) is 6.26 Å². The first-order chi connectivity index (χ1) is 10.5. The van der Waals surface area contributed by atoms with Gasteiger partial charge in [-0.3, -0.25) is 14.9 Å². The number of nitro benzene ring substituents is 1. The van der Waals surface area contributed by atoms with E-state index in [1.165, 1.54) is 17.8 Å². The Bertz CT molecular complexity index is 689. The summed E-state index contributed by atoms with van der Waals surface area (Å²) in [4.78, 5) is 23.4. The lowest BCUT2D eigenvalue weighted by Gasteiger charge is -2.14. The van der Waals surface area contributed by atoms with Crippen LogP contribution in [-0.4, -0.2) is 17.1 Å². The average Bonchev–Trinajstić information content (AvgIpc) is 2.54. The first-order valence-electron chi connectivity index (χ1n) is 6.71. The van der Waals surface area contributed by atoms with Crippen molar-refractivity contribution in [3.8, 4) is 0 Å². The van der Waals surface area contributed by atoms with Crippen LogP contribution in [0.3, 0.4) is 0 Å². The number of nitro groups is 1. The Morgan fingerprint density at radius 3 is 2.50 bits per heavy atom. The standard InChI is InChI=1S/C16H16N2O3S/c1-11(12-6-4-3-5-7-12)17-16(19)13-8-9-15(22-2)14(10-13)18(20)21/h3-11H,1-2H3,(H,17,19)/t11-/m0/s1. The topological polar surface area (TPSA) is 72.2 Å². The van der Waals surface area contributed by atoms with E-state index >= 15 is 0 Å². The molecule has 2 rings (SSSR count). The van der Waals surface area contributed by atoms with Crippen LogP contribution < -0.4 is 5.32 Å². The van der Waals surface area contributed by atoms with Crippen LogP contribution in [0.2, 0.25) is 0 Å². The van der Waals surface area contributed by atoms with Crippen LogP contribution >= 0.6 is 11.8 Å². The number of nitrogens with one attached hydrogen (secondary N) is 1. The van der Waals surface area contributed by atoms with E-state index in [0.29, 0.717) is 4.90 Å². The van der Waals surface area contributed by atoms with E-state index in [0.717, 1.165) is 5.56 Å². The number of carbonyl (C=O) groups excluding carboxylic acids is 1. The van der Waals surface area contributed by atoms with Crippen molar-refractivity contribution >= 4 is 23.4 Å². The highest BCUT2D eigenvalue weighted by atomic mass is 32.2. The highest BCUT2D eigenvalue weighted by molar-refractivity contribution is 7.98. The highest BCUT2D eigenvalue weighted by Gasteiger charge is 2.18. The minimum absolute atomic E-state index is 0.0486. The van der Waals surface area contributed by atoms with Crippen LogP contribution in [0.1, 0.15) is 28.9 Å². The molecule has 1 N–H and O–H groups in total. The molecule has 5 nitrogen and oxygen atoms in total. The molecule has 1 amide bonds. The minimum atomic E-state index is -0.469. The van der Waals surface area contributed by atoms with E-state index in [1.807, 2.05) is 37.3 Å². The van der Waals surface area contributed by atoms with E-state index in [1.54, 1.807) is 18.4 Å². The molecule has 0 heterocycles. The van der Waals surface area contributed by atoms with Crippen LogP contribution in [0.15, 0.2) is 53.4 Å². The Kier molecular flexibility index (Phi) is 5.16. The summed E-state index contributed by atoms with van der Waals surface area (Å²) in [5.74, 6) is -0.327. The summed E-state index contributed by atoms with van der Waals surface area (Å²) in [5, 5.41) is 13.9. The molecule has 0 fully saturated rings. The molecule has 0 bridgehead atoms. The van der Waals surface area contributed by atoms with Gasteiger partial charge in [0.2, 0.25) is 0 Å². The van der Waals surface area contributed by atoms with Crippen molar-refractivity contribution in [2.24, 2.45) is 0 Å². The largest absolute Gasteiger partial charge is 0.346 e. The summed E-state index contributed by atoms with van der Waals surface area (Å²) in [6, 6.07) is 13.9. The Morgan fingerprint density at radius 2 is 1.91 bits per heavy atom. The predicted molar refractivity (Wildman–Crippen MR) is 87.2 cm³/mol. The summed E-state index contributed by atoms with van der Waals surface area (Å²) < 4.78 is 0. The van der Waals surface area contributed by atoms with Crippen LogP contribution in [-0.2, 0) is 0 Å². The Labute approximate surface area is 132 Å². The molecule has 0 radical (unpaired) electrons. The molecule has 2 aromatic carbocycles. The molecule has 114 valence electrons. The Morgan fingerprint density at radius 1 is 1.23 bits per heavy atom. The van der Waals surface area contributed by atoms with Crippen molar-refractivity contribution < 1.29 is 9.72 Å². The lowest BCUT2D eigenvalue weighted by atomic mass is 10.1. The Balaban J connectivity index is 2.19. The molecule has 0 aromatic heterocycles. The van der Waals surface area contributed by atoms with Gasteiger partial charge >= 0.3 is 0 Å². The normalized spacial score (nSPS) is 11.7. The van der Waals surface area contributed by atoms with Gasteiger partial charge in [0.25, 0.3) is 11.6 Å². The number of benzene rings is 2. The SMILES string of the molecule is CSc1ccc(C(=O)N[C@@H](C)c2ccccc2)cc1[N+](=O)[O-]. The minimum Gasteiger partial charge on any atom is -0.346 e. The van der Waals surface area contributed by atoms with Gasteiger partial charge in [-0.1, -0.05) is 30.3 Å². The molecule has 6 heteroatoms. The molecule has 0 saturated heterocycles. The second-order valence-corrected chi connectivity index (χ2v) is 5.60. The first-order valence-corrected chi connectivity index (χ1v) is 7.93. The number of nitrogens with zero attached hydrogens (tertiary/aromatic N) is 1. The number of amides is 1. The fraction of sp³-hybridized carbons (Fsp3) is 0.188. The second-order valence-electron chi connectivity index (χ2n) is 4.75. The third-order valence-corrected chi connectivity index (χ3v) is 4.07. The monoisotopic (exact) mass is 316 g/mol. The molecule has 0 aliphatic rings. The van der Waals surface area contributed by atoms with Gasteiger partial charge in [-0.25, -0.2) is 0 Å². The van der Waals surface area contributed by atoms with E-state index < -0.39 is 4.92 Å². The number of thioether (sulfide) groups is 1. The van der Waals surface area contributed by atoms with Gasteiger partial charge in [-0.2, -0.15) is 0 Å². The molecule has 0 aliphatic carbocycles. The molecule has 0 aliphatic heterocycles.